The third-order valence-corrected chi connectivity index (χ3v) is 5.64. The molecule has 1 unspecified atom stereocenters. The molecule has 1 aromatic heterocycles. The zero-order valence-corrected chi connectivity index (χ0v) is 15.4. The van der Waals surface area contributed by atoms with Crippen molar-refractivity contribution in [3.05, 3.63) is 46.7 Å². The number of rotatable bonds is 7. The van der Waals surface area contributed by atoms with Crippen molar-refractivity contribution in [1.82, 2.24) is 9.62 Å². The lowest BCUT2D eigenvalue weighted by Crippen LogP contribution is -2.34. The summed E-state index contributed by atoms with van der Waals surface area (Å²) in [7, 11) is 0.220. The van der Waals surface area contributed by atoms with Gasteiger partial charge in [-0.3, -0.25) is 4.79 Å². The average molecular weight is 367 g/mol. The summed E-state index contributed by atoms with van der Waals surface area (Å²) in [5.74, 6) is -0.201. The van der Waals surface area contributed by atoms with Crippen molar-refractivity contribution in [2.45, 2.75) is 17.9 Å². The molecule has 2 N–H and O–H groups in total. The van der Waals surface area contributed by atoms with Crippen molar-refractivity contribution < 1.29 is 13.2 Å². The molecule has 0 aliphatic rings. The lowest BCUT2D eigenvalue weighted by atomic mass is 10.1. The van der Waals surface area contributed by atoms with Gasteiger partial charge >= 0.3 is 0 Å². The molecular weight excluding hydrogens is 346 g/mol. The van der Waals surface area contributed by atoms with Gasteiger partial charge in [-0.1, -0.05) is 0 Å². The summed E-state index contributed by atoms with van der Waals surface area (Å²) < 4.78 is 27.5. The molecule has 2 aromatic rings. The number of likely N-dealkylation sites (N-methyl/N-ethyl adjacent to an activating group) is 1. The van der Waals surface area contributed by atoms with Gasteiger partial charge in [0.1, 0.15) is 0 Å². The van der Waals surface area contributed by atoms with E-state index in [-0.39, 0.29) is 23.4 Å². The highest BCUT2D eigenvalue weighted by Crippen LogP contribution is 2.21. The SMILES string of the molecule is CC(=O)Nc1ccc(S(=O)(=O)NCC(c2ccsc2)N(C)C)cc1. The van der Waals surface area contributed by atoms with Crippen LogP contribution in [0.15, 0.2) is 46.0 Å². The average Bonchev–Trinajstić information content (AvgIpc) is 3.01. The van der Waals surface area contributed by atoms with Crippen molar-refractivity contribution >= 4 is 33.0 Å². The highest BCUT2D eigenvalue weighted by Gasteiger charge is 2.20. The number of anilines is 1. The quantitative estimate of drug-likeness (QED) is 0.787. The molecule has 0 saturated carbocycles. The molecular formula is C16H21N3O3S2. The van der Waals surface area contributed by atoms with E-state index in [1.807, 2.05) is 35.8 Å². The second-order valence-electron chi connectivity index (χ2n) is 5.59. The molecule has 1 atom stereocenters. The lowest BCUT2D eigenvalue weighted by molar-refractivity contribution is -0.114. The summed E-state index contributed by atoms with van der Waals surface area (Å²) in [6.07, 6.45) is 0. The number of amides is 1. The molecule has 0 aliphatic heterocycles. The first kappa shape index (κ1) is 18.6. The number of nitrogens with zero attached hydrogens (tertiary/aromatic N) is 1. The molecule has 0 radical (unpaired) electrons. The van der Waals surface area contributed by atoms with Crippen LogP contribution in [0.1, 0.15) is 18.5 Å². The maximum atomic E-state index is 12.4. The standard InChI is InChI=1S/C16H21N3O3S2/c1-12(20)18-14-4-6-15(7-5-14)24(21,22)17-10-16(19(2)3)13-8-9-23-11-13/h4-9,11,16-17H,10H2,1-3H3,(H,18,20). The summed E-state index contributed by atoms with van der Waals surface area (Å²) in [5, 5.41) is 6.60. The van der Waals surface area contributed by atoms with Gasteiger partial charge in [0.15, 0.2) is 0 Å². The number of sulfonamides is 1. The molecule has 8 heteroatoms. The van der Waals surface area contributed by atoms with E-state index in [2.05, 4.69) is 10.0 Å². The molecule has 2 rings (SSSR count). The maximum Gasteiger partial charge on any atom is 0.240 e. The minimum Gasteiger partial charge on any atom is -0.326 e. The Balaban J connectivity index is 2.08. The number of carbonyl (C=O) groups is 1. The summed E-state index contributed by atoms with van der Waals surface area (Å²) >= 11 is 1.58. The van der Waals surface area contributed by atoms with Crippen molar-refractivity contribution in [1.29, 1.82) is 0 Å². The van der Waals surface area contributed by atoms with Gasteiger partial charge in [-0.15, -0.1) is 0 Å². The Kier molecular flexibility index (Phi) is 6.11. The van der Waals surface area contributed by atoms with Gasteiger partial charge in [-0.2, -0.15) is 11.3 Å². The second kappa shape index (κ2) is 7.89. The number of carbonyl (C=O) groups excluding carboxylic acids is 1. The van der Waals surface area contributed by atoms with E-state index in [0.717, 1.165) is 5.56 Å². The molecule has 0 aliphatic carbocycles. The maximum absolute atomic E-state index is 12.4. The fourth-order valence-corrected chi connectivity index (χ4v) is 4.00. The number of thiophene rings is 1. The number of nitrogens with one attached hydrogen (secondary N) is 2. The second-order valence-corrected chi connectivity index (χ2v) is 8.14. The van der Waals surface area contributed by atoms with Gasteiger partial charge in [-0.05, 0) is 60.8 Å². The Labute approximate surface area is 146 Å². The first-order valence-electron chi connectivity index (χ1n) is 7.35. The molecule has 24 heavy (non-hydrogen) atoms. The summed E-state index contributed by atoms with van der Waals surface area (Å²) in [6.45, 7) is 1.68. The van der Waals surface area contributed by atoms with E-state index in [1.165, 1.54) is 19.1 Å². The third kappa shape index (κ3) is 4.88. The molecule has 0 bridgehead atoms. The molecule has 1 heterocycles. The Morgan fingerprint density at radius 3 is 2.38 bits per heavy atom. The predicted octanol–water partition coefficient (Wildman–Crippen LogP) is 2.29. The zero-order chi connectivity index (χ0) is 17.7. The van der Waals surface area contributed by atoms with Gasteiger partial charge in [0.25, 0.3) is 0 Å². The molecule has 1 aromatic carbocycles. The van der Waals surface area contributed by atoms with Crippen LogP contribution in [0.25, 0.3) is 0 Å². The van der Waals surface area contributed by atoms with Gasteiger partial charge in [0, 0.05) is 25.2 Å². The van der Waals surface area contributed by atoms with Crippen molar-refractivity contribution in [2.75, 3.05) is 26.0 Å². The van der Waals surface area contributed by atoms with Crippen LogP contribution in [0.3, 0.4) is 0 Å². The van der Waals surface area contributed by atoms with E-state index in [9.17, 15) is 13.2 Å². The number of hydrogen-bond donors (Lipinski definition) is 2. The summed E-state index contributed by atoms with van der Waals surface area (Å²) in [4.78, 5) is 13.1. The van der Waals surface area contributed by atoms with Crippen LogP contribution in [0.4, 0.5) is 5.69 Å². The van der Waals surface area contributed by atoms with E-state index in [0.29, 0.717) is 5.69 Å². The third-order valence-electron chi connectivity index (χ3n) is 3.50. The van der Waals surface area contributed by atoms with Gasteiger partial charge in [-0.25, -0.2) is 13.1 Å². The van der Waals surface area contributed by atoms with Crippen LogP contribution >= 0.6 is 11.3 Å². The minimum absolute atomic E-state index is 0.0373. The molecule has 130 valence electrons. The van der Waals surface area contributed by atoms with Gasteiger partial charge in [0.05, 0.1) is 4.90 Å². The number of hydrogen-bond acceptors (Lipinski definition) is 5. The normalized spacial score (nSPS) is 13.0. The fraction of sp³-hybridized carbons (Fsp3) is 0.312. The Hall–Kier alpha value is -1.74. The first-order valence-corrected chi connectivity index (χ1v) is 9.78. The van der Waals surface area contributed by atoms with E-state index in [1.54, 1.807) is 23.5 Å². The van der Waals surface area contributed by atoms with E-state index >= 15 is 0 Å². The van der Waals surface area contributed by atoms with Crippen LogP contribution in [0.5, 0.6) is 0 Å². The first-order chi connectivity index (χ1) is 11.3. The van der Waals surface area contributed by atoms with Crippen molar-refractivity contribution in [2.24, 2.45) is 0 Å². The predicted molar refractivity (Wildman–Crippen MR) is 96.7 cm³/mol. The molecule has 0 saturated heterocycles. The highest BCUT2D eigenvalue weighted by atomic mass is 32.2. The van der Waals surface area contributed by atoms with Crippen molar-refractivity contribution in [3.63, 3.8) is 0 Å². The van der Waals surface area contributed by atoms with E-state index in [4.69, 9.17) is 0 Å². The van der Waals surface area contributed by atoms with Gasteiger partial charge < -0.3 is 10.2 Å². The Bertz CT molecular complexity index is 769. The van der Waals surface area contributed by atoms with Crippen molar-refractivity contribution in [3.8, 4) is 0 Å². The summed E-state index contributed by atoms with van der Waals surface area (Å²) in [5.41, 5.74) is 1.64. The highest BCUT2D eigenvalue weighted by molar-refractivity contribution is 7.89. The lowest BCUT2D eigenvalue weighted by Gasteiger charge is -2.24. The smallest absolute Gasteiger partial charge is 0.240 e. The van der Waals surface area contributed by atoms with Crippen LogP contribution in [-0.2, 0) is 14.8 Å². The molecule has 0 fully saturated rings. The van der Waals surface area contributed by atoms with E-state index < -0.39 is 10.0 Å². The summed E-state index contributed by atoms with van der Waals surface area (Å²) in [6, 6.07) is 8.04. The Morgan fingerprint density at radius 2 is 1.88 bits per heavy atom. The largest absolute Gasteiger partial charge is 0.326 e. The zero-order valence-electron chi connectivity index (χ0n) is 13.8. The molecule has 1 amide bonds. The monoisotopic (exact) mass is 367 g/mol. The van der Waals surface area contributed by atoms with Crippen LogP contribution in [0.2, 0.25) is 0 Å². The van der Waals surface area contributed by atoms with Crippen LogP contribution < -0.4 is 10.0 Å². The fourth-order valence-electron chi connectivity index (χ4n) is 2.26. The van der Waals surface area contributed by atoms with Crippen LogP contribution in [-0.4, -0.2) is 39.9 Å². The minimum atomic E-state index is -3.61. The number of benzene rings is 1. The molecule has 6 nitrogen and oxygen atoms in total. The topological polar surface area (TPSA) is 78.5 Å². The molecule has 0 spiro atoms. The van der Waals surface area contributed by atoms with Gasteiger partial charge in [0.2, 0.25) is 15.9 Å². The van der Waals surface area contributed by atoms with Crippen LogP contribution in [0, 0.1) is 0 Å². The Morgan fingerprint density at radius 1 is 1.21 bits per heavy atom.